The lowest BCUT2D eigenvalue weighted by Gasteiger charge is -2.06. The number of rotatable bonds is 7. The van der Waals surface area contributed by atoms with E-state index >= 15 is 0 Å². The highest BCUT2D eigenvalue weighted by Gasteiger charge is 2.08. The average Bonchev–Trinajstić information content (AvgIpc) is 2.92. The van der Waals surface area contributed by atoms with Gasteiger partial charge in [-0.3, -0.25) is 0 Å². The van der Waals surface area contributed by atoms with Crippen molar-refractivity contribution in [1.82, 2.24) is 9.88 Å². The predicted molar refractivity (Wildman–Crippen MR) is 95.6 cm³/mol. The van der Waals surface area contributed by atoms with Gasteiger partial charge >= 0.3 is 0 Å². The van der Waals surface area contributed by atoms with Gasteiger partial charge in [-0.25, -0.2) is 0 Å². The molecule has 0 bridgehead atoms. The first kappa shape index (κ1) is 15.8. The van der Waals surface area contributed by atoms with Crippen molar-refractivity contribution in [3.63, 3.8) is 0 Å². The molecule has 3 nitrogen and oxygen atoms in total. The molecular formula is C20H24N2O. The molecule has 1 heterocycles. The number of aliphatic hydroxyl groups excluding tert-OH is 1. The standard InChI is InChI=1S/C20H24N2O/c1-16-7-9-17(10-8-16)14-22-15-18(13-21-11-4-12-23)19-5-2-3-6-20(19)22/h2-3,5-10,15,21,23H,4,11-14H2,1H3. The summed E-state index contributed by atoms with van der Waals surface area (Å²) in [6.07, 6.45) is 3.04. The van der Waals surface area contributed by atoms with Crippen molar-refractivity contribution in [2.24, 2.45) is 0 Å². The maximum absolute atomic E-state index is 8.88. The average molecular weight is 308 g/mol. The first-order valence-corrected chi connectivity index (χ1v) is 8.22. The number of hydrogen-bond acceptors (Lipinski definition) is 2. The Bertz CT molecular complexity index is 759. The minimum Gasteiger partial charge on any atom is -0.396 e. The Morgan fingerprint density at radius 1 is 1.04 bits per heavy atom. The summed E-state index contributed by atoms with van der Waals surface area (Å²) >= 11 is 0. The number of aromatic nitrogens is 1. The fraction of sp³-hybridized carbons (Fsp3) is 0.300. The minimum absolute atomic E-state index is 0.238. The number of benzene rings is 2. The number of fused-ring (bicyclic) bond motifs is 1. The Morgan fingerprint density at radius 3 is 2.61 bits per heavy atom. The summed E-state index contributed by atoms with van der Waals surface area (Å²) in [4.78, 5) is 0. The number of aryl methyl sites for hydroxylation is 1. The normalized spacial score (nSPS) is 11.2. The molecule has 2 N–H and O–H groups in total. The number of para-hydroxylation sites is 1. The second-order valence-electron chi connectivity index (χ2n) is 6.04. The van der Waals surface area contributed by atoms with Crippen LogP contribution in [0.2, 0.25) is 0 Å². The molecule has 0 spiro atoms. The van der Waals surface area contributed by atoms with Crippen LogP contribution in [0.25, 0.3) is 10.9 Å². The lowest BCUT2D eigenvalue weighted by Crippen LogP contribution is -2.15. The van der Waals surface area contributed by atoms with Gasteiger partial charge in [0.2, 0.25) is 0 Å². The summed E-state index contributed by atoms with van der Waals surface area (Å²) in [6.45, 7) is 4.92. The quantitative estimate of drug-likeness (QED) is 0.656. The molecule has 0 amide bonds. The molecule has 1 aromatic heterocycles. The molecule has 0 saturated carbocycles. The van der Waals surface area contributed by atoms with Crippen LogP contribution in [0.3, 0.4) is 0 Å². The first-order valence-electron chi connectivity index (χ1n) is 8.22. The molecule has 2 aromatic carbocycles. The molecule has 120 valence electrons. The van der Waals surface area contributed by atoms with Crippen molar-refractivity contribution < 1.29 is 5.11 Å². The number of nitrogens with zero attached hydrogens (tertiary/aromatic N) is 1. The second kappa shape index (κ2) is 7.44. The summed E-state index contributed by atoms with van der Waals surface area (Å²) in [5, 5.41) is 13.6. The Kier molecular flexibility index (Phi) is 5.11. The minimum atomic E-state index is 0.238. The lowest BCUT2D eigenvalue weighted by molar-refractivity contribution is 0.286. The Balaban J connectivity index is 1.83. The topological polar surface area (TPSA) is 37.2 Å². The van der Waals surface area contributed by atoms with Crippen molar-refractivity contribution in [2.45, 2.75) is 26.4 Å². The molecule has 3 heteroatoms. The molecule has 0 fully saturated rings. The summed E-state index contributed by atoms with van der Waals surface area (Å²) in [7, 11) is 0. The molecule has 0 radical (unpaired) electrons. The third-order valence-electron chi connectivity index (χ3n) is 4.17. The monoisotopic (exact) mass is 308 g/mol. The fourth-order valence-electron chi connectivity index (χ4n) is 2.91. The summed E-state index contributed by atoms with van der Waals surface area (Å²) < 4.78 is 2.32. The van der Waals surface area contributed by atoms with Crippen LogP contribution >= 0.6 is 0 Å². The van der Waals surface area contributed by atoms with E-state index in [1.165, 1.54) is 27.6 Å². The molecule has 0 unspecified atom stereocenters. The van der Waals surface area contributed by atoms with E-state index < -0.39 is 0 Å². The number of hydrogen-bond donors (Lipinski definition) is 2. The molecule has 0 atom stereocenters. The Morgan fingerprint density at radius 2 is 1.83 bits per heavy atom. The molecule has 3 aromatic rings. The van der Waals surface area contributed by atoms with E-state index in [4.69, 9.17) is 5.11 Å². The first-order chi connectivity index (χ1) is 11.3. The Hall–Kier alpha value is -2.10. The van der Waals surface area contributed by atoms with Crippen LogP contribution in [0.4, 0.5) is 0 Å². The van der Waals surface area contributed by atoms with Crippen LogP contribution in [0, 0.1) is 6.92 Å². The van der Waals surface area contributed by atoms with Gasteiger partial charge in [0.15, 0.2) is 0 Å². The highest BCUT2D eigenvalue weighted by molar-refractivity contribution is 5.84. The highest BCUT2D eigenvalue weighted by Crippen LogP contribution is 2.22. The van der Waals surface area contributed by atoms with Crippen LogP contribution < -0.4 is 5.32 Å². The highest BCUT2D eigenvalue weighted by atomic mass is 16.3. The van der Waals surface area contributed by atoms with Gasteiger partial charge in [0.1, 0.15) is 0 Å². The Labute approximate surface area is 137 Å². The molecule has 23 heavy (non-hydrogen) atoms. The van der Waals surface area contributed by atoms with E-state index in [1.807, 2.05) is 0 Å². The van der Waals surface area contributed by atoms with Gasteiger partial charge in [0.05, 0.1) is 0 Å². The fourth-order valence-corrected chi connectivity index (χ4v) is 2.91. The third kappa shape index (κ3) is 3.81. The van der Waals surface area contributed by atoms with Crippen LogP contribution in [0.1, 0.15) is 23.1 Å². The van der Waals surface area contributed by atoms with Crippen molar-refractivity contribution in [1.29, 1.82) is 0 Å². The summed E-state index contributed by atoms with van der Waals surface area (Å²) in [6, 6.07) is 17.3. The third-order valence-corrected chi connectivity index (χ3v) is 4.17. The van der Waals surface area contributed by atoms with E-state index in [1.54, 1.807) is 0 Å². The van der Waals surface area contributed by atoms with Gasteiger partial charge in [-0.05, 0) is 37.1 Å². The maximum atomic E-state index is 8.88. The number of nitrogens with one attached hydrogen (secondary N) is 1. The summed E-state index contributed by atoms with van der Waals surface area (Å²) in [5.41, 5.74) is 5.19. The van der Waals surface area contributed by atoms with Gasteiger partial charge in [0, 0.05) is 36.8 Å². The van der Waals surface area contributed by atoms with Crippen LogP contribution in [-0.2, 0) is 13.1 Å². The van der Waals surface area contributed by atoms with Crippen LogP contribution in [-0.4, -0.2) is 22.8 Å². The van der Waals surface area contributed by atoms with Gasteiger partial charge in [-0.2, -0.15) is 0 Å². The smallest absolute Gasteiger partial charge is 0.0486 e. The molecule has 0 aliphatic heterocycles. The van der Waals surface area contributed by atoms with Crippen molar-refractivity contribution in [3.8, 4) is 0 Å². The molecular weight excluding hydrogens is 284 g/mol. The lowest BCUT2D eigenvalue weighted by atomic mass is 10.1. The molecule has 0 aliphatic rings. The zero-order valence-electron chi connectivity index (χ0n) is 13.6. The molecule has 0 aliphatic carbocycles. The van der Waals surface area contributed by atoms with Crippen molar-refractivity contribution in [2.75, 3.05) is 13.2 Å². The predicted octanol–water partition coefficient (Wildman–Crippen LogP) is 3.47. The van der Waals surface area contributed by atoms with Crippen molar-refractivity contribution in [3.05, 3.63) is 71.4 Å². The van der Waals surface area contributed by atoms with E-state index in [9.17, 15) is 0 Å². The molecule has 3 rings (SSSR count). The van der Waals surface area contributed by atoms with E-state index in [0.717, 1.165) is 26.1 Å². The van der Waals surface area contributed by atoms with E-state index in [0.29, 0.717) is 0 Å². The largest absolute Gasteiger partial charge is 0.396 e. The zero-order chi connectivity index (χ0) is 16.1. The van der Waals surface area contributed by atoms with Crippen LogP contribution in [0.5, 0.6) is 0 Å². The van der Waals surface area contributed by atoms with Gasteiger partial charge in [-0.15, -0.1) is 0 Å². The molecule has 0 saturated heterocycles. The van der Waals surface area contributed by atoms with E-state index in [-0.39, 0.29) is 6.61 Å². The van der Waals surface area contributed by atoms with E-state index in [2.05, 4.69) is 71.5 Å². The maximum Gasteiger partial charge on any atom is 0.0486 e. The van der Waals surface area contributed by atoms with Gasteiger partial charge < -0.3 is 15.0 Å². The SMILES string of the molecule is Cc1ccc(Cn2cc(CNCCCO)c3ccccc32)cc1. The van der Waals surface area contributed by atoms with Gasteiger partial charge in [0.25, 0.3) is 0 Å². The number of aliphatic hydroxyl groups is 1. The summed E-state index contributed by atoms with van der Waals surface area (Å²) in [5.74, 6) is 0. The second-order valence-corrected chi connectivity index (χ2v) is 6.04. The van der Waals surface area contributed by atoms with Crippen LogP contribution in [0.15, 0.2) is 54.7 Å². The van der Waals surface area contributed by atoms with Crippen molar-refractivity contribution >= 4 is 10.9 Å². The zero-order valence-corrected chi connectivity index (χ0v) is 13.6. The van der Waals surface area contributed by atoms with Gasteiger partial charge in [-0.1, -0.05) is 48.0 Å².